The van der Waals surface area contributed by atoms with Crippen molar-refractivity contribution in [3.8, 4) is 0 Å². The van der Waals surface area contributed by atoms with E-state index in [1.807, 2.05) is 13.8 Å². The molecular formula is C11H19NO3. The molecule has 1 amide bonds. The van der Waals surface area contributed by atoms with Gasteiger partial charge in [-0.2, -0.15) is 0 Å². The van der Waals surface area contributed by atoms with Gasteiger partial charge in [-0.1, -0.05) is 13.8 Å². The molecule has 15 heavy (non-hydrogen) atoms. The molecule has 4 heteroatoms. The van der Waals surface area contributed by atoms with Gasteiger partial charge >= 0.3 is 5.97 Å². The average Bonchev–Trinajstić information content (AvgIpc) is 2.96. The first-order chi connectivity index (χ1) is 6.99. The van der Waals surface area contributed by atoms with E-state index in [4.69, 9.17) is 0 Å². The quantitative estimate of drug-likeness (QED) is 0.755. The summed E-state index contributed by atoms with van der Waals surface area (Å²) in [7, 11) is 0. The lowest BCUT2D eigenvalue weighted by molar-refractivity contribution is -0.160. The van der Waals surface area contributed by atoms with Crippen LogP contribution in [-0.2, 0) is 9.59 Å². The molecule has 0 aromatic carbocycles. The second-order valence-corrected chi connectivity index (χ2v) is 4.16. The van der Waals surface area contributed by atoms with Gasteiger partial charge in [-0.05, 0) is 25.7 Å². The second kappa shape index (κ2) is 4.21. The SMILES string of the molecule is CCC(CC)(C(=O)O)N(C(C)=O)C1CC1. The minimum absolute atomic E-state index is 0.122. The fraction of sp³-hybridized carbons (Fsp3) is 0.818. The molecule has 1 N–H and O–H groups in total. The van der Waals surface area contributed by atoms with Crippen LogP contribution in [0.1, 0.15) is 46.5 Å². The number of carbonyl (C=O) groups excluding carboxylic acids is 1. The molecule has 1 aliphatic carbocycles. The van der Waals surface area contributed by atoms with Gasteiger partial charge in [0.05, 0.1) is 0 Å². The van der Waals surface area contributed by atoms with E-state index in [1.54, 1.807) is 4.90 Å². The first-order valence-corrected chi connectivity index (χ1v) is 5.53. The fourth-order valence-corrected chi connectivity index (χ4v) is 2.24. The fourth-order valence-electron chi connectivity index (χ4n) is 2.24. The molecule has 0 atom stereocenters. The zero-order valence-electron chi connectivity index (χ0n) is 9.62. The molecule has 1 aliphatic rings. The van der Waals surface area contributed by atoms with Crippen molar-refractivity contribution in [3.63, 3.8) is 0 Å². The first-order valence-electron chi connectivity index (χ1n) is 5.53. The van der Waals surface area contributed by atoms with Crippen molar-refractivity contribution in [1.29, 1.82) is 0 Å². The molecule has 1 saturated carbocycles. The van der Waals surface area contributed by atoms with Crippen molar-refractivity contribution >= 4 is 11.9 Å². The number of carboxylic acids is 1. The zero-order valence-corrected chi connectivity index (χ0v) is 9.62. The number of carboxylic acid groups (broad SMARTS) is 1. The van der Waals surface area contributed by atoms with E-state index in [9.17, 15) is 14.7 Å². The van der Waals surface area contributed by atoms with Crippen LogP contribution in [0.2, 0.25) is 0 Å². The van der Waals surface area contributed by atoms with E-state index in [1.165, 1.54) is 6.92 Å². The Balaban J connectivity index is 3.03. The maximum absolute atomic E-state index is 11.6. The van der Waals surface area contributed by atoms with Crippen LogP contribution in [0, 0.1) is 0 Å². The van der Waals surface area contributed by atoms with Gasteiger partial charge in [-0.15, -0.1) is 0 Å². The standard InChI is InChI=1S/C11H19NO3/c1-4-11(5-2,10(14)15)12(8(3)13)9-6-7-9/h9H,4-7H2,1-3H3,(H,14,15). The summed E-state index contributed by atoms with van der Waals surface area (Å²) in [6, 6.07) is 0.151. The van der Waals surface area contributed by atoms with Gasteiger partial charge in [0.15, 0.2) is 0 Å². The van der Waals surface area contributed by atoms with Crippen molar-refractivity contribution in [1.82, 2.24) is 4.90 Å². The van der Waals surface area contributed by atoms with Gasteiger partial charge in [0, 0.05) is 13.0 Å². The molecule has 0 aromatic heterocycles. The lowest BCUT2D eigenvalue weighted by Gasteiger charge is -2.39. The molecule has 0 heterocycles. The van der Waals surface area contributed by atoms with Gasteiger partial charge in [0.1, 0.15) is 5.54 Å². The number of rotatable bonds is 5. The number of aliphatic carboxylic acids is 1. The summed E-state index contributed by atoms with van der Waals surface area (Å²) in [6.45, 7) is 5.12. The third-order valence-electron chi connectivity index (χ3n) is 3.28. The molecule has 1 rings (SSSR count). The minimum atomic E-state index is -0.993. The van der Waals surface area contributed by atoms with Crippen LogP contribution in [0.15, 0.2) is 0 Å². The van der Waals surface area contributed by atoms with Gasteiger partial charge < -0.3 is 10.0 Å². The second-order valence-electron chi connectivity index (χ2n) is 4.16. The molecule has 4 nitrogen and oxygen atoms in total. The van der Waals surface area contributed by atoms with Gasteiger partial charge in [-0.3, -0.25) is 4.79 Å². The van der Waals surface area contributed by atoms with Crippen molar-refractivity contribution in [2.24, 2.45) is 0 Å². The molecule has 0 aliphatic heterocycles. The Labute approximate surface area is 90.3 Å². The lowest BCUT2D eigenvalue weighted by atomic mass is 9.90. The molecule has 0 bridgehead atoms. The number of carbonyl (C=O) groups is 2. The highest BCUT2D eigenvalue weighted by Gasteiger charge is 2.48. The van der Waals surface area contributed by atoms with E-state index in [0.717, 1.165) is 12.8 Å². The Kier molecular flexibility index (Phi) is 3.37. The maximum Gasteiger partial charge on any atom is 0.329 e. The number of nitrogens with zero attached hydrogens (tertiary/aromatic N) is 1. The van der Waals surface area contributed by atoms with Crippen LogP contribution in [-0.4, -0.2) is 33.5 Å². The first kappa shape index (κ1) is 12.0. The Morgan fingerprint density at radius 2 is 1.80 bits per heavy atom. The summed E-state index contributed by atoms with van der Waals surface area (Å²) >= 11 is 0. The predicted molar refractivity (Wildman–Crippen MR) is 56.5 cm³/mol. The van der Waals surface area contributed by atoms with Crippen molar-refractivity contribution in [2.45, 2.75) is 58.0 Å². The van der Waals surface area contributed by atoms with Crippen molar-refractivity contribution in [3.05, 3.63) is 0 Å². The largest absolute Gasteiger partial charge is 0.479 e. The minimum Gasteiger partial charge on any atom is -0.479 e. The van der Waals surface area contributed by atoms with Crippen LogP contribution >= 0.6 is 0 Å². The molecule has 0 aromatic rings. The normalized spacial score (nSPS) is 16.2. The van der Waals surface area contributed by atoms with E-state index in [0.29, 0.717) is 12.8 Å². The predicted octanol–water partition coefficient (Wildman–Crippen LogP) is 1.64. The van der Waals surface area contributed by atoms with Crippen molar-refractivity contribution < 1.29 is 14.7 Å². The molecule has 1 fully saturated rings. The molecule has 0 radical (unpaired) electrons. The molecule has 0 unspecified atom stereocenters. The van der Waals surface area contributed by atoms with Gasteiger partial charge in [0.25, 0.3) is 0 Å². The van der Waals surface area contributed by atoms with Crippen LogP contribution in [0.3, 0.4) is 0 Å². The average molecular weight is 213 g/mol. The Bertz CT molecular complexity index is 267. The Morgan fingerprint density at radius 1 is 1.33 bits per heavy atom. The Hall–Kier alpha value is -1.06. The van der Waals surface area contributed by atoms with Crippen LogP contribution in [0.5, 0.6) is 0 Å². The highest BCUT2D eigenvalue weighted by Crippen LogP contribution is 2.36. The van der Waals surface area contributed by atoms with E-state index >= 15 is 0 Å². The summed E-state index contributed by atoms with van der Waals surface area (Å²) in [5.74, 6) is -1.00. The molecule has 0 spiro atoms. The van der Waals surface area contributed by atoms with Crippen LogP contribution in [0.4, 0.5) is 0 Å². The number of amides is 1. The van der Waals surface area contributed by atoms with E-state index in [-0.39, 0.29) is 11.9 Å². The van der Waals surface area contributed by atoms with Gasteiger partial charge in [0.2, 0.25) is 5.91 Å². The maximum atomic E-state index is 11.6. The van der Waals surface area contributed by atoms with Gasteiger partial charge in [-0.25, -0.2) is 4.79 Å². The van der Waals surface area contributed by atoms with Crippen molar-refractivity contribution in [2.75, 3.05) is 0 Å². The summed E-state index contributed by atoms with van der Waals surface area (Å²) in [4.78, 5) is 24.5. The Morgan fingerprint density at radius 3 is 2.00 bits per heavy atom. The monoisotopic (exact) mass is 213 g/mol. The zero-order chi connectivity index (χ0) is 11.6. The third-order valence-corrected chi connectivity index (χ3v) is 3.28. The summed E-state index contributed by atoms with van der Waals surface area (Å²) < 4.78 is 0. The third kappa shape index (κ3) is 1.98. The van der Waals surface area contributed by atoms with Crippen LogP contribution < -0.4 is 0 Å². The summed E-state index contributed by atoms with van der Waals surface area (Å²) in [5, 5.41) is 9.33. The summed E-state index contributed by atoms with van der Waals surface area (Å²) in [6.07, 6.45) is 2.81. The number of hydrogen-bond acceptors (Lipinski definition) is 2. The molecular weight excluding hydrogens is 194 g/mol. The lowest BCUT2D eigenvalue weighted by Crippen LogP contribution is -2.56. The van der Waals surface area contributed by atoms with Crippen LogP contribution in [0.25, 0.3) is 0 Å². The van der Waals surface area contributed by atoms with E-state index < -0.39 is 11.5 Å². The number of hydrogen-bond donors (Lipinski definition) is 1. The highest BCUT2D eigenvalue weighted by molar-refractivity contribution is 5.86. The highest BCUT2D eigenvalue weighted by atomic mass is 16.4. The topological polar surface area (TPSA) is 57.6 Å². The smallest absolute Gasteiger partial charge is 0.329 e. The summed E-state index contributed by atoms with van der Waals surface area (Å²) in [5.41, 5.74) is -0.993. The van der Waals surface area contributed by atoms with E-state index in [2.05, 4.69) is 0 Å². The molecule has 86 valence electrons. The molecule has 0 saturated heterocycles.